The van der Waals surface area contributed by atoms with Crippen molar-refractivity contribution in [2.75, 3.05) is 36.9 Å². The van der Waals surface area contributed by atoms with Gasteiger partial charge in [-0.3, -0.25) is 10.1 Å². The molecule has 92 valence electrons. The number of aromatic nitrogens is 2. The van der Waals surface area contributed by atoms with Gasteiger partial charge in [-0.2, -0.15) is 9.97 Å². The van der Waals surface area contributed by atoms with Gasteiger partial charge in [-0.15, -0.1) is 0 Å². The molecule has 1 aliphatic heterocycles. The van der Waals surface area contributed by atoms with Crippen molar-refractivity contribution in [1.29, 1.82) is 0 Å². The van der Waals surface area contributed by atoms with Gasteiger partial charge in [0.1, 0.15) is 0 Å². The zero-order valence-corrected chi connectivity index (χ0v) is 9.55. The van der Waals surface area contributed by atoms with Gasteiger partial charge in [0, 0.05) is 13.1 Å². The maximum absolute atomic E-state index is 10.9. The first-order valence-corrected chi connectivity index (χ1v) is 5.27. The van der Waals surface area contributed by atoms with E-state index in [4.69, 9.17) is 22.1 Å². The molecule has 2 heterocycles. The molecule has 1 aliphatic rings. The number of morpholine rings is 1. The number of ether oxygens (including phenoxy) is 1. The van der Waals surface area contributed by atoms with Gasteiger partial charge in [-0.1, -0.05) is 0 Å². The Labute approximate surface area is 101 Å². The molecule has 0 spiro atoms. The SMILES string of the molecule is Nc1nc(Cl)nc(N2CCOCC2)c1[N+](=O)[O-]. The first-order chi connectivity index (χ1) is 8.09. The van der Waals surface area contributed by atoms with E-state index in [1.54, 1.807) is 4.90 Å². The van der Waals surface area contributed by atoms with Crippen LogP contribution < -0.4 is 10.6 Å². The van der Waals surface area contributed by atoms with Crippen molar-refractivity contribution in [3.63, 3.8) is 0 Å². The van der Waals surface area contributed by atoms with Crippen molar-refractivity contribution < 1.29 is 9.66 Å². The monoisotopic (exact) mass is 259 g/mol. The fourth-order valence-electron chi connectivity index (χ4n) is 1.60. The first-order valence-electron chi connectivity index (χ1n) is 4.89. The highest BCUT2D eigenvalue weighted by molar-refractivity contribution is 6.28. The van der Waals surface area contributed by atoms with Gasteiger partial charge < -0.3 is 15.4 Å². The first kappa shape index (κ1) is 11.8. The third kappa shape index (κ3) is 2.37. The van der Waals surface area contributed by atoms with Gasteiger partial charge >= 0.3 is 5.69 Å². The fraction of sp³-hybridized carbons (Fsp3) is 0.500. The molecule has 0 radical (unpaired) electrons. The maximum atomic E-state index is 10.9. The molecule has 17 heavy (non-hydrogen) atoms. The highest BCUT2D eigenvalue weighted by atomic mass is 35.5. The lowest BCUT2D eigenvalue weighted by molar-refractivity contribution is -0.383. The van der Waals surface area contributed by atoms with Crippen LogP contribution in [0, 0.1) is 10.1 Å². The van der Waals surface area contributed by atoms with Crippen LogP contribution in [0.3, 0.4) is 0 Å². The smallest absolute Gasteiger partial charge is 0.353 e. The normalized spacial score (nSPS) is 15.9. The summed E-state index contributed by atoms with van der Waals surface area (Å²) in [5.74, 6) is -0.0766. The van der Waals surface area contributed by atoms with Gasteiger partial charge in [0.2, 0.25) is 16.9 Å². The molecule has 2 rings (SSSR count). The minimum atomic E-state index is -0.601. The number of nitrogens with two attached hydrogens (primary N) is 1. The van der Waals surface area contributed by atoms with E-state index < -0.39 is 4.92 Å². The number of rotatable bonds is 2. The quantitative estimate of drug-likeness (QED) is 0.467. The Kier molecular flexibility index (Phi) is 3.25. The van der Waals surface area contributed by atoms with Gasteiger partial charge in [0.05, 0.1) is 18.1 Å². The maximum Gasteiger partial charge on any atom is 0.353 e. The van der Waals surface area contributed by atoms with Crippen LogP contribution in [0.2, 0.25) is 5.28 Å². The van der Waals surface area contributed by atoms with E-state index in [0.29, 0.717) is 26.3 Å². The Morgan fingerprint density at radius 1 is 1.41 bits per heavy atom. The molecule has 1 fully saturated rings. The van der Waals surface area contributed by atoms with E-state index >= 15 is 0 Å². The molecule has 0 unspecified atom stereocenters. The molecule has 0 aromatic carbocycles. The van der Waals surface area contributed by atoms with Crippen molar-refractivity contribution in [1.82, 2.24) is 9.97 Å². The van der Waals surface area contributed by atoms with Crippen LogP contribution in [0.5, 0.6) is 0 Å². The molecule has 9 heteroatoms. The fourth-order valence-corrected chi connectivity index (χ4v) is 1.77. The summed E-state index contributed by atoms with van der Waals surface area (Å²) < 4.78 is 5.16. The Morgan fingerprint density at radius 2 is 2.06 bits per heavy atom. The Balaban J connectivity index is 2.46. The van der Waals surface area contributed by atoms with Gasteiger partial charge in [0.15, 0.2) is 0 Å². The summed E-state index contributed by atoms with van der Waals surface area (Å²) in [6.45, 7) is 1.98. The van der Waals surface area contributed by atoms with Crippen molar-refractivity contribution in [3.05, 3.63) is 15.4 Å². The Hall–Kier alpha value is -1.67. The van der Waals surface area contributed by atoms with E-state index in [-0.39, 0.29) is 22.6 Å². The third-order valence-electron chi connectivity index (χ3n) is 2.36. The molecule has 1 saturated heterocycles. The molecule has 0 saturated carbocycles. The summed E-state index contributed by atoms with van der Waals surface area (Å²) in [7, 11) is 0. The highest BCUT2D eigenvalue weighted by Crippen LogP contribution is 2.32. The highest BCUT2D eigenvalue weighted by Gasteiger charge is 2.27. The van der Waals surface area contributed by atoms with Crippen LogP contribution in [-0.2, 0) is 4.74 Å². The van der Waals surface area contributed by atoms with Crippen LogP contribution in [0.15, 0.2) is 0 Å². The second-order valence-electron chi connectivity index (χ2n) is 3.41. The molecule has 0 bridgehead atoms. The molecule has 1 aromatic heterocycles. The van der Waals surface area contributed by atoms with Gasteiger partial charge in [-0.25, -0.2) is 0 Å². The zero-order valence-electron chi connectivity index (χ0n) is 8.80. The third-order valence-corrected chi connectivity index (χ3v) is 2.53. The molecule has 2 N–H and O–H groups in total. The van der Waals surface area contributed by atoms with Crippen LogP contribution in [0.4, 0.5) is 17.3 Å². The van der Waals surface area contributed by atoms with Crippen molar-refractivity contribution >= 4 is 28.9 Å². The number of nitrogens with zero attached hydrogens (tertiary/aromatic N) is 4. The molecule has 1 aromatic rings. The predicted molar refractivity (Wildman–Crippen MR) is 61.1 cm³/mol. The topological polar surface area (TPSA) is 107 Å². The number of nitro groups is 1. The van der Waals surface area contributed by atoms with E-state index in [1.165, 1.54) is 0 Å². The number of hydrogen-bond acceptors (Lipinski definition) is 7. The van der Waals surface area contributed by atoms with Crippen molar-refractivity contribution in [3.8, 4) is 0 Å². The Bertz CT molecular complexity index is 449. The molecule has 8 nitrogen and oxygen atoms in total. The summed E-state index contributed by atoms with van der Waals surface area (Å²) in [4.78, 5) is 19.5. The zero-order chi connectivity index (χ0) is 12.4. The summed E-state index contributed by atoms with van der Waals surface area (Å²) in [6, 6.07) is 0. The number of nitrogen functional groups attached to an aromatic ring is 1. The largest absolute Gasteiger partial charge is 0.378 e. The van der Waals surface area contributed by atoms with Gasteiger partial charge in [0.25, 0.3) is 0 Å². The predicted octanol–water partition coefficient (Wildman–Crippen LogP) is 0.457. The average Bonchev–Trinajstić information content (AvgIpc) is 2.28. The molecular formula is C8H10ClN5O3. The molecular weight excluding hydrogens is 250 g/mol. The summed E-state index contributed by atoms with van der Waals surface area (Å²) in [6.07, 6.45) is 0. The van der Waals surface area contributed by atoms with Gasteiger partial charge in [-0.05, 0) is 11.6 Å². The molecule has 0 aliphatic carbocycles. The van der Waals surface area contributed by atoms with E-state index in [9.17, 15) is 10.1 Å². The van der Waals surface area contributed by atoms with Crippen LogP contribution in [0.25, 0.3) is 0 Å². The Morgan fingerprint density at radius 3 is 2.65 bits per heavy atom. The van der Waals surface area contributed by atoms with E-state index in [1.807, 2.05) is 0 Å². The lowest BCUT2D eigenvalue weighted by Gasteiger charge is -2.27. The summed E-state index contributed by atoms with van der Waals surface area (Å²) in [5.41, 5.74) is 5.19. The van der Waals surface area contributed by atoms with Crippen molar-refractivity contribution in [2.45, 2.75) is 0 Å². The number of halogens is 1. The number of hydrogen-bond donors (Lipinski definition) is 1. The minimum absolute atomic E-state index is 0.102. The average molecular weight is 260 g/mol. The summed E-state index contributed by atoms with van der Waals surface area (Å²) in [5, 5.41) is 10.8. The van der Waals surface area contributed by atoms with E-state index in [0.717, 1.165) is 0 Å². The lowest BCUT2D eigenvalue weighted by atomic mass is 10.3. The minimum Gasteiger partial charge on any atom is -0.378 e. The number of anilines is 2. The van der Waals surface area contributed by atoms with Crippen LogP contribution in [0.1, 0.15) is 0 Å². The second-order valence-corrected chi connectivity index (χ2v) is 3.74. The molecule has 0 atom stereocenters. The van der Waals surface area contributed by atoms with E-state index in [2.05, 4.69) is 9.97 Å². The van der Waals surface area contributed by atoms with Crippen LogP contribution in [-0.4, -0.2) is 41.2 Å². The van der Waals surface area contributed by atoms with Crippen molar-refractivity contribution in [2.24, 2.45) is 0 Å². The summed E-state index contributed by atoms with van der Waals surface area (Å²) >= 11 is 5.66. The van der Waals surface area contributed by atoms with Crippen LogP contribution >= 0.6 is 11.6 Å². The molecule has 0 amide bonds. The second kappa shape index (κ2) is 4.68. The lowest BCUT2D eigenvalue weighted by Crippen LogP contribution is -2.37. The standard InChI is InChI=1S/C8H10ClN5O3/c9-8-11-6(10)5(14(15)16)7(12-8)13-1-3-17-4-2-13/h1-4H2,(H2,10,11,12).